The van der Waals surface area contributed by atoms with Gasteiger partial charge in [-0.2, -0.15) is 0 Å². The molecule has 2 nitrogen and oxygen atoms in total. The summed E-state index contributed by atoms with van der Waals surface area (Å²) in [5.74, 6) is 0.371. The van der Waals surface area contributed by atoms with Gasteiger partial charge in [-0.25, -0.2) is 4.39 Å². The maximum absolute atomic E-state index is 13.7. The molecule has 2 N–H and O–H groups in total. The van der Waals surface area contributed by atoms with E-state index in [-0.39, 0.29) is 11.9 Å². The molecule has 5 heteroatoms. The Labute approximate surface area is 130 Å². The predicted molar refractivity (Wildman–Crippen MR) is 82.7 cm³/mol. The fourth-order valence-electron chi connectivity index (χ4n) is 2.04. The number of benzene rings is 2. The molecule has 0 saturated carbocycles. The van der Waals surface area contributed by atoms with Gasteiger partial charge in [-0.3, -0.25) is 0 Å². The molecule has 0 saturated heterocycles. The van der Waals surface area contributed by atoms with Crippen molar-refractivity contribution in [2.24, 2.45) is 5.73 Å². The topological polar surface area (TPSA) is 35.2 Å². The molecule has 1 unspecified atom stereocenters. The van der Waals surface area contributed by atoms with E-state index < -0.39 is 0 Å². The van der Waals surface area contributed by atoms with Gasteiger partial charge in [0.25, 0.3) is 0 Å². The molecule has 2 aromatic rings. The van der Waals surface area contributed by atoms with E-state index in [0.29, 0.717) is 22.8 Å². The zero-order chi connectivity index (χ0) is 14.7. The Kier molecular flexibility index (Phi) is 5.02. The van der Waals surface area contributed by atoms with E-state index in [4.69, 9.17) is 22.1 Å². The molecule has 0 spiro atoms. The van der Waals surface area contributed by atoms with Crippen LogP contribution < -0.4 is 10.5 Å². The second-order valence-corrected chi connectivity index (χ2v) is 5.78. The van der Waals surface area contributed by atoms with E-state index in [9.17, 15) is 4.39 Å². The summed E-state index contributed by atoms with van der Waals surface area (Å²) in [6.45, 7) is 0. The van der Waals surface area contributed by atoms with Crippen LogP contribution in [0.25, 0.3) is 0 Å². The van der Waals surface area contributed by atoms with Gasteiger partial charge in [0, 0.05) is 21.1 Å². The molecule has 2 aromatic carbocycles. The van der Waals surface area contributed by atoms with Gasteiger partial charge < -0.3 is 10.5 Å². The van der Waals surface area contributed by atoms with E-state index in [1.807, 2.05) is 18.2 Å². The zero-order valence-corrected chi connectivity index (χ0v) is 13.2. The summed E-state index contributed by atoms with van der Waals surface area (Å²) in [5.41, 5.74) is 7.49. The van der Waals surface area contributed by atoms with Crippen molar-refractivity contribution >= 4 is 27.5 Å². The summed E-state index contributed by atoms with van der Waals surface area (Å²) in [6.07, 6.45) is 0.352. The Morgan fingerprint density at radius 1 is 1.30 bits per heavy atom. The summed E-state index contributed by atoms with van der Waals surface area (Å²) in [4.78, 5) is 0. The van der Waals surface area contributed by atoms with Gasteiger partial charge in [0.05, 0.1) is 7.11 Å². The number of hydrogen-bond acceptors (Lipinski definition) is 2. The lowest BCUT2D eigenvalue weighted by Crippen LogP contribution is -2.15. The molecule has 2 rings (SSSR count). The maximum atomic E-state index is 13.7. The molecule has 0 aliphatic heterocycles. The average molecular weight is 359 g/mol. The van der Waals surface area contributed by atoms with Crippen molar-refractivity contribution in [2.45, 2.75) is 12.5 Å². The largest absolute Gasteiger partial charge is 0.496 e. The van der Waals surface area contributed by atoms with Gasteiger partial charge in [0.15, 0.2) is 0 Å². The first-order chi connectivity index (χ1) is 9.51. The Morgan fingerprint density at radius 3 is 2.75 bits per heavy atom. The van der Waals surface area contributed by atoms with Gasteiger partial charge in [-0.15, -0.1) is 0 Å². The number of rotatable bonds is 4. The summed E-state index contributed by atoms with van der Waals surface area (Å²) >= 11 is 9.26. The summed E-state index contributed by atoms with van der Waals surface area (Å²) < 4.78 is 20.0. The smallest absolute Gasteiger partial charge is 0.126 e. The van der Waals surface area contributed by atoms with Gasteiger partial charge in [0.1, 0.15) is 11.6 Å². The van der Waals surface area contributed by atoms with Crippen LogP contribution in [0.1, 0.15) is 17.2 Å². The quantitative estimate of drug-likeness (QED) is 0.874. The molecule has 0 radical (unpaired) electrons. The maximum Gasteiger partial charge on any atom is 0.126 e. The normalized spacial score (nSPS) is 12.2. The number of hydrogen-bond donors (Lipinski definition) is 1. The minimum Gasteiger partial charge on any atom is -0.496 e. The lowest BCUT2D eigenvalue weighted by Gasteiger charge is -2.16. The van der Waals surface area contributed by atoms with Crippen LogP contribution in [0.2, 0.25) is 5.02 Å². The third kappa shape index (κ3) is 3.51. The molecule has 0 amide bonds. The molecular weight excluding hydrogens is 345 g/mol. The minimum atomic E-state index is -0.369. The van der Waals surface area contributed by atoms with Crippen LogP contribution in [-0.4, -0.2) is 7.11 Å². The van der Waals surface area contributed by atoms with Gasteiger partial charge >= 0.3 is 0 Å². The van der Waals surface area contributed by atoms with Crippen LogP contribution in [0, 0.1) is 5.82 Å². The molecule has 0 heterocycles. The predicted octanol–water partition coefficient (Wildman–Crippen LogP) is 4.49. The fourth-order valence-corrected chi connectivity index (χ4v) is 2.57. The average Bonchev–Trinajstić information content (AvgIpc) is 2.42. The van der Waals surface area contributed by atoms with E-state index in [0.717, 1.165) is 10.0 Å². The van der Waals surface area contributed by atoms with Crippen LogP contribution in [0.3, 0.4) is 0 Å². The van der Waals surface area contributed by atoms with Gasteiger partial charge in [-0.05, 0) is 42.3 Å². The third-order valence-electron chi connectivity index (χ3n) is 3.04. The third-order valence-corrected chi connectivity index (χ3v) is 3.77. The van der Waals surface area contributed by atoms with E-state index >= 15 is 0 Å². The van der Waals surface area contributed by atoms with E-state index in [1.54, 1.807) is 13.2 Å². The molecule has 1 atom stereocenters. The van der Waals surface area contributed by atoms with Crippen LogP contribution in [0.5, 0.6) is 5.75 Å². The van der Waals surface area contributed by atoms with Crippen molar-refractivity contribution in [3.05, 3.63) is 62.8 Å². The highest BCUT2D eigenvalue weighted by atomic mass is 79.9. The highest BCUT2D eigenvalue weighted by Gasteiger charge is 2.15. The van der Waals surface area contributed by atoms with Crippen molar-refractivity contribution in [3.8, 4) is 5.75 Å². The van der Waals surface area contributed by atoms with Crippen molar-refractivity contribution in [3.63, 3.8) is 0 Å². The lowest BCUT2D eigenvalue weighted by atomic mass is 9.98. The first kappa shape index (κ1) is 15.3. The lowest BCUT2D eigenvalue weighted by molar-refractivity contribution is 0.405. The van der Waals surface area contributed by atoms with E-state index in [1.165, 1.54) is 12.1 Å². The number of ether oxygens (including phenoxy) is 1. The first-order valence-electron chi connectivity index (χ1n) is 6.04. The minimum absolute atomic E-state index is 0.305. The number of halogens is 3. The van der Waals surface area contributed by atoms with Gasteiger partial charge in [-0.1, -0.05) is 33.6 Å². The van der Waals surface area contributed by atoms with Crippen molar-refractivity contribution in [1.29, 1.82) is 0 Å². The molecule has 0 aliphatic carbocycles. The van der Waals surface area contributed by atoms with Gasteiger partial charge in [0.2, 0.25) is 0 Å². The molecule has 0 bridgehead atoms. The Morgan fingerprint density at radius 2 is 2.05 bits per heavy atom. The molecule has 106 valence electrons. The first-order valence-corrected chi connectivity index (χ1v) is 7.21. The van der Waals surface area contributed by atoms with E-state index in [2.05, 4.69) is 15.9 Å². The Hall–Kier alpha value is -1.10. The summed E-state index contributed by atoms with van der Waals surface area (Å²) in [5, 5.41) is 0.497. The number of methoxy groups -OCH3 is 1. The molecule has 0 fully saturated rings. The Bertz CT molecular complexity index is 621. The number of nitrogens with two attached hydrogens (primary N) is 1. The van der Waals surface area contributed by atoms with Crippen LogP contribution in [-0.2, 0) is 6.42 Å². The zero-order valence-electron chi connectivity index (χ0n) is 10.9. The van der Waals surface area contributed by atoms with Crippen LogP contribution in [0.4, 0.5) is 4.39 Å². The second kappa shape index (κ2) is 6.57. The van der Waals surface area contributed by atoms with Crippen molar-refractivity contribution < 1.29 is 9.13 Å². The molecule has 0 aromatic heterocycles. The fraction of sp³-hybridized carbons (Fsp3) is 0.200. The standard InChI is InChI=1S/C15H14BrClFNO/c1-20-15-8-10(16)2-4-12(15)14(19)7-9-6-11(17)3-5-13(9)18/h2-6,8,14H,7,19H2,1H3. The SMILES string of the molecule is COc1cc(Br)ccc1C(N)Cc1cc(Cl)ccc1F. The highest BCUT2D eigenvalue weighted by molar-refractivity contribution is 9.10. The molecule has 20 heavy (non-hydrogen) atoms. The second-order valence-electron chi connectivity index (χ2n) is 4.43. The Balaban J connectivity index is 2.28. The summed E-state index contributed by atoms with van der Waals surface area (Å²) in [7, 11) is 1.58. The van der Waals surface area contributed by atoms with Crippen LogP contribution >= 0.6 is 27.5 Å². The van der Waals surface area contributed by atoms with Crippen molar-refractivity contribution in [2.75, 3.05) is 7.11 Å². The molecular formula is C15H14BrClFNO. The summed E-state index contributed by atoms with van der Waals surface area (Å²) in [6, 6.07) is 9.69. The highest BCUT2D eigenvalue weighted by Crippen LogP contribution is 2.30. The van der Waals surface area contributed by atoms with Crippen LogP contribution in [0.15, 0.2) is 40.9 Å². The van der Waals surface area contributed by atoms with Crippen molar-refractivity contribution in [1.82, 2.24) is 0 Å². The molecule has 0 aliphatic rings. The monoisotopic (exact) mass is 357 g/mol.